The molecule has 3 N–H and O–H groups in total. The molecule has 0 saturated heterocycles. The van der Waals surface area contributed by atoms with Gasteiger partial charge in [-0.2, -0.15) is 0 Å². The molecule has 1 rings (SSSR count). The SMILES string of the molecule is CC(CO)(CO)NC(=O)c1cc(I)ccc1Br. The molecule has 0 aromatic heterocycles. The second-order valence-corrected chi connectivity index (χ2v) is 6.06. The van der Waals surface area contributed by atoms with Crippen molar-refractivity contribution in [1.82, 2.24) is 5.32 Å². The number of amides is 1. The second-order valence-electron chi connectivity index (χ2n) is 3.96. The summed E-state index contributed by atoms with van der Waals surface area (Å²) >= 11 is 5.40. The first-order valence-corrected chi connectivity index (χ1v) is 6.78. The van der Waals surface area contributed by atoms with Gasteiger partial charge in [-0.05, 0) is 63.6 Å². The lowest BCUT2D eigenvalue weighted by Gasteiger charge is -2.26. The van der Waals surface area contributed by atoms with Crippen LogP contribution in [0.1, 0.15) is 17.3 Å². The van der Waals surface area contributed by atoms with E-state index in [0.29, 0.717) is 10.0 Å². The highest BCUT2D eigenvalue weighted by Crippen LogP contribution is 2.20. The van der Waals surface area contributed by atoms with Crippen molar-refractivity contribution in [2.45, 2.75) is 12.5 Å². The zero-order chi connectivity index (χ0) is 13.1. The van der Waals surface area contributed by atoms with Crippen LogP contribution in [-0.2, 0) is 0 Å². The summed E-state index contributed by atoms with van der Waals surface area (Å²) in [6.45, 7) is 0.931. The molecule has 17 heavy (non-hydrogen) atoms. The number of nitrogens with one attached hydrogen (secondary N) is 1. The lowest BCUT2D eigenvalue weighted by Crippen LogP contribution is -2.51. The molecule has 0 saturated carbocycles. The van der Waals surface area contributed by atoms with Gasteiger partial charge in [-0.1, -0.05) is 0 Å². The Morgan fingerprint density at radius 2 is 2.06 bits per heavy atom. The molecule has 0 unspecified atom stereocenters. The lowest BCUT2D eigenvalue weighted by molar-refractivity contribution is 0.0723. The van der Waals surface area contributed by atoms with E-state index in [1.807, 2.05) is 6.07 Å². The van der Waals surface area contributed by atoms with Gasteiger partial charge in [-0.3, -0.25) is 4.79 Å². The van der Waals surface area contributed by atoms with Gasteiger partial charge in [-0.15, -0.1) is 0 Å². The van der Waals surface area contributed by atoms with Gasteiger partial charge in [-0.25, -0.2) is 0 Å². The van der Waals surface area contributed by atoms with Crippen LogP contribution in [-0.4, -0.2) is 34.9 Å². The Morgan fingerprint density at radius 3 is 2.59 bits per heavy atom. The largest absolute Gasteiger partial charge is 0.394 e. The Kier molecular flexibility index (Phi) is 5.36. The standard InChI is InChI=1S/C11H13BrINO3/c1-11(5-15,6-16)14-10(17)8-4-7(13)2-3-9(8)12/h2-4,15-16H,5-6H2,1H3,(H,14,17). The molecule has 6 heteroatoms. The maximum Gasteiger partial charge on any atom is 0.253 e. The van der Waals surface area contributed by atoms with Crippen LogP contribution in [0.2, 0.25) is 0 Å². The van der Waals surface area contributed by atoms with Crippen molar-refractivity contribution in [2.75, 3.05) is 13.2 Å². The first-order valence-electron chi connectivity index (χ1n) is 4.91. The summed E-state index contributed by atoms with van der Waals surface area (Å²) in [5.74, 6) is -0.332. The molecule has 0 aliphatic rings. The summed E-state index contributed by atoms with van der Waals surface area (Å²) in [5.41, 5.74) is -0.539. The third kappa shape index (κ3) is 3.90. The first-order chi connectivity index (χ1) is 7.91. The summed E-state index contributed by atoms with van der Waals surface area (Å²) in [4.78, 5) is 12.0. The fraction of sp³-hybridized carbons (Fsp3) is 0.364. The van der Waals surface area contributed by atoms with Crippen molar-refractivity contribution in [3.05, 3.63) is 31.8 Å². The minimum atomic E-state index is -1.02. The molecule has 0 bridgehead atoms. The van der Waals surface area contributed by atoms with Crippen LogP contribution < -0.4 is 5.32 Å². The highest BCUT2D eigenvalue weighted by molar-refractivity contribution is 14.1. The number of carbonyl (C=O) groups excluding carboxylic acids is 1. The molecule has 1 amide bonds. The number of benzene rings is 1. The third-order valence-corrected chi connectivity index (χ3v) is 3.65. The van der Waals surface area contributed by atoms with Gasteiger partial charge < -0.3 is 15.5 Å². The normalized spacial score (nSPS) is 11.4. The van der Waals surface area contributed by atoms with Crippen LogP contribution >= 0.6 is 38.5 Å². The molecule has 0 heterocycles. The number of rotatable bonds is 4. The number of aliphatic hydroxyl groups excluding tert-OH is 2. The van der Waals surface area contributed by atoms with Crippen molar-refractivity contribution < 1.29 is 15.0 Å². The van der Waals surface area contributed by atoms with Crippen molar-refractivity contribution in [2.24, 2.45) is 0 Å². The van der Waals surface area contributed by atoms with Gasteiger partial charge in [0.15, 0.2) is 0 Å². The Bertz CT molecular complexity index is 421. The minimum Gasteiger partial charge on any atom is -0.394 e. The summed E-state index contributed by atoms with van der Waals surface area (Å²) in [5, 5.41) is 20.8. The molecule has 0 fully saturated rings. The summed E-state index contributed by atoms with van der Waals surface area (Å²) in [6, 6.07) is 5.39. The molecule has 94 valence electrons. The third-order valence-electron chi connectivity index (χ3n) is 2.29. The van der Waals surface area contributed by atoms with E-state index in [1.54, 1.807) is 19.1 Å². The maximum absolute atomic E-state index is 12.0. The highest BCUT2D eigenvalue weighted by atomic mass is 127. The highest BCUT2D eigenvalue weighted by Gasteiger charge is 2.25. The summed E-state index contributed by atoms with van der Waals surface area (Å²) < 4.78 is 1.61. The van der Waals surface area contributed by atoms with Gasteiger partial charge in [0.05, 0.1) is 24.3 Å². The van der Waals surface area contributed by atoms with Gasteiger partial charge in [0.2, 0.25) is 0 Å². The fourth-order valence-corrected chi connectivity index (χ4v) is 2.06. The number of hydrogen-bond donors (Lipinski definition) is 3. The monoisotopic (exact) mass is 413 g/mol. The predicted octanol–water partition coefficient (Wildman–Crippen LogP) is 1.53. The Hall–Kier alpha value is -0.180. The van der Waals surface area contributed by atoms with E-state index in [4.69, 9.17) is 10.2 Å². The van der Waals surface area contributed by atoms with Crippen molar-refractivity contribution >= 4 is 44.4 Å². The fourth-order valence-electron chi connectivity index (χ4n) is 1.14. The topological polar surface area (TPSA) is 69.6 Å². The van der Waals surface area contributed by atoms with Crippen LogP contribution in [0.3, 0.4) is 0 Å². The van der Waals surface area contributed by atoms with E-state index in [0.717, 1.165) is 3.57 Å². The van der Waals surface area contributed by atoms with E-state index in [1.165, 1.54) is 0 Å². The van der Waals surface area contributed by atoms with E-state index in [2.05, 4.69) is 43.8 Å². The molecule has 0 aliphatic heterocycles. The average molecular weight is 414 g/mol. The number of aliphatic hydroxyl groups is 2. The van der Waals surface area contributed by atoms with Crippen molar-refractivity contribution in [3.8, 4) is 0 Å². The molecule has 0 atom stereocenters. The molecular weight excluding hydrogens is 401 g/mol. The van der Waals surface area contributed by atoms with E-state index in [-0.39, 0.29) is 19.1 Å². The Balaban J connectivity index is 2.94. The summed E-state index contributed by atoms with van der Waals surface area (Å²) in [7, 11) is 0. The van der Waals surface area contributed by atoms with Crippen LogP contribution in [0.5, 0.6) is 0 Å². The van der Waals surface area contributed by atoms with Crippen molar-refractivity contribution in [1.29, 1.82) is 0 Å². The van der Waals surface area contributed by atoms with Crippen molar-refractivity contribution in [3.63, 3.8) is 0 Å². The zero-order valence-electron chi connectivity index (χ0n) is 9.20. The Labute approximate surface area is 122 Å². The van der Waals surface area contributed by atoms with Crippen LogP contribution in [0.4, 0.5) is 0 Å². The van der Waals surface area contributed by atoms with E-state index in [9.17, 15) is 4.79 Å². The van der Waals surface area contributed by atoms with Gasteiger partial charge in [0.1, 0.15) is 0 Å². The number of halogens is 2. The smallest absolute Gasteiger partial charge is 0.253 e. The average Bonchev–Trinajstić information content (AvgIpc) is 2.32. The zero-order valence-corrected chi connectivity index (χ0v) is 12.9. The molecule has 0 radical (unpaired) electrons. The molecular formula is C11H13BrINO3. The van der Waals surface area contributed by atoms with Crippen LogP contribution in [0.25, 0.3) is 0 Å². The van der Waals surface area contributed by atoms with Gasteiger partial charge in [0.25, 0.3) is 5.91 Å². The number of carbonyl (C=O) groups is 1. The molecule has 4 nitrogen and oxygen atoms in total. The van der Waals surface area contributed by atoms with Gasteiger partial charge in [0, 0.05) is 8.04 Å². The quantitative estimate of drug-likeness (QED) is 0.655. The minimum absolute atomic E-state index is 0.323. The molecule has 1 aromatic carbocycles. The molecule has 1 aromatic rings. The predicted molar refractivity (Wildman–Crippen MR) is 76.9 cm³/mol. The van der Waals surface area contributed by atoms with Crippen LogP contribution in [0, 0.1) is 3.57 Å². The van der Waals surface area contributed by atoms with E-state index >= 15 is 0 Å². The molecule has 0 aliphatic carbocycles. The lowest BCUT2D eigenvalue weighted by atomic mass is 10.0. The Morgan fingerprint density at radius 1 is 1.47 bits per heavy atom. The number of hydrogen-bond acceptors (Lipinski definition) is 3. The molecule has 0 spiro atoms. The first kappa shape index (κ1) is 14.9. The maximum atomic E-state index is 12.0. The van der Waals surface area contributed by atoms with E-state index < -0.39 is 5.54 Å². The summed E-state index contributed by atoms with van der Waals surface area (Å²) in [6.07, 6.45) is 0. The van der Waals surface area contributed by atoms with Gasteiger partial charge >= 0.3 is 0 Å². The van der Waals surface area contributed by atoms with Crippen LogP contribution in [0.15, 0.2) is 22.7 Å². The second kappa shape index (κ2) is 6.12.